The average molecular weight is 227 g/mol. The van der Waals surface area contributed by atoms with Crippen molar-refractivity contribution in [3.8, 4) is 0 Å². The van der Waals surface area contributed by atoms with Gasteiger partial charge in [0.15, 0.2) is 0 Å². The molecule has 0 aromatic heterocycles. The van der Waals surface area contributed by atoms with Gasteiger partial charge in [-0.3, -0.25) is 0 Å². The summed E-state index contributed by atoms with van der Waals surface area (Å²) in [6.07, 6.45) is 0. The summed E-state index contributed by atoms with van der Waals surface area (Å²) in [5, 5.41) is 3.26. The molecule has 94 valence electrons. The third-order valence-corrected chi connectivity index (χ3v) is 1.86. The first-order valence-corrected chi connectivity index (χ1v) is 5.17. The predicted octanol–water partition coefficient (Wildman–Crippen LogP) is -0.403. The summed E-state index contributed by atoms with van der Waals surface area (Å²) in [5.41, 5.74) is 22.7. The lowest BCUT2D eigenvalue weighted by Crippen LogP contribution is -1.99. The molecule has 0 fully saturated rings. The van der Waals surface area contributed by atoms with E-state index in [0.29, 0.717) is 0 Å². The van der Waals surface area contributed by atoms with Crippen molar-refractivity contribution in [1.29, 1.82) is 0 Å². The zero-order chi connectivity index (χ0) is 13.0. The van der Waals surface area contributed by atoms with E-state index in [1.807, 2.05) is 12.1 Å². The van der Waals surface area contributed by atoms with E-state index in [1.165, 1.54) is 32.3 Å². The predicted molar refractivity (Wildman–Crippen MR) is 71.7 cm³/mol. The van der Waals surface area contributed by atoms with Gasteiger partial charge in [-0.1, -0.05) is 6.07 Å². The number of hydrogen-bond donors (Lipinski definition) is 5. The van der Waals surface area contributed by atoms with Gasteiger partial charge in [-0.05, 0) is 44.4 Å². The van der Waals surface area contributed by atoms with E-state index in [1.54, 1.807) is 0 Å². The molecule has 5 heteroatoms. The topological polar surface area (TPSA) is 116 Å². The molecule has 0 bridgehead atoms. The third-order valence-electron chi connectivity index (χ3n) is 1.86. The molecule has 2 rings (SSSR count). The normalized spacial score (nSPS) is 10.6. The van der Waals surface area contributed by atoms with Crippen LogP contribution in [-0.4, -0.2) is 21.1 Å². The van der Waals surface area contributed by atoms with Crippen molar-refractivity contribution in [3.05, 3.63) is 29.3 Å². The van der Waals surface area contributed by atoms with Crippen molar-refractivity contribution in [3.63, 3.8) is 0 Å². The van der Waals surface area contributed by atoms with Crippen molar-refractivity contribution in [2.75, 3.05) is 26.9 Å². The first-order valence-electron chi connectivity index (χ1n) is 5.17. The van der Waals surface area contributed by atoms with Crippen molar-refractivity contribution in [2.24, 2.45) is 17.2 Å². The van der Waals surface area contributed by atoms with E-state index in [2.05, 4.69) is 28.6 Å². The highest BCUT2D eigenvalue weighted by Crippen LogP contribution is 2.17. The Balaban J connectivity index is 0. The lowest BCUT2D eigenvalue weighted by atomic mass is 10.1. The number of anilines is 1. The maximum atomic E-state index is 5.60. The van der Waals surface area contributed by atoms with Crippen LogP contribution in [0.15, 0.2) is 18.2 Å². The summed E-state index contributed by atoms with van der Waals surface area (Å²) in [7, 11) is 4.50. The molecule has 9 N–H and O–H groups in total. The Morgan fingerprint density at radius 3 is 1.94 bits per heavy atom. The second-order valence-corrected chi connectivity index (χ2v) is 2.63. The van der Waals surface area contributed by atoms with Crippen LogP contribution in [0.3, 0.4) is 0 Å². The first-order chi connectivity index (χ1) is 7.86. The molecule has 1 aliphatic heterocycles. The molecule has 5 nitrogen and oxygen atoms in total. The van der Waals surface area contributed by atoms with Crippen molar-refractivity contribution in [1.82, 2.24) is 5.32 Å². The van der Waals surface area contributed by atoms with Crippen molar-refractivity contribution < 1.29 is 0 Å². The summed E-state index contributed by atoms with van der Waals surface area (Å²) in [5.74, 6) is 0. The summed E-state index contributed by atoms with van der Waals surface area (Å²) in [6.45, 7) is 1.97. The molecule has 0 unspecified atom stereocenters. The second kappa shape index (κ2) is 11.9. The fourth-order valence-corrected chi connectivity index (χ4v) is 1.31. The Kier molecular flexibility index (Phi) is 12.9. The number of fused-ring (bicyclic) bond motifs is 1. The average Bonchev–Trinajstić information content (AvgIpc) is 2.84. The maximum Gasteiger partial charge on any atom is 0.0317 e. The Hall–Kier alpha value is -1.14. The summed E-state index contributed by atoms with van der Waals surface area (Å²) >= 11 is 0. The van der Waals surface area contributed by atoms with Crippen LogP contribution < -0.4 is 28.3 Å². The molecule has 1 aliphatic rings. The molecule has 16 heavy (non-hydrogen) atoms. The summed E-state index contributed by atoms with van der Waals surface area (Å²) in [6, 6.07) is 6.08. The lowest BCUT2D eigenvalue weighted by molar-refractivity contribution is 0.765. The van der Waals surface area contributed by atoms with Crippen LogP contribution in [0.4, 0.5) is 5.69 Å². The zero-order valence-corrected chi connectivity index (χ0v) is 10.5. The van der Waals surface area contributed by atoms with Gasteiger partial charge >= 0.3 is 0 Å². The molecular formula is C11H25N5. The van der Waals surface area contributed by atoms with Crippen LogP contribution >= 0.6 is 0 Å². The number of nitrogens with two attached hydrogens (primary N) is 4. The van der Waals surface area contributed by atoms with Gasteiger partial charge in [-0.2, -0.15) is 0 Å². The number of benzene rings is 1. The molecule has 0 aliphatic carbocycles. The van der Waals surface area contributed by atoms with Crippen molar-refractivity contribution >= 4 is 5.69 Å². The molecule has 1 heterocycles. The number of hydrogen-bond acceptors (Lipinski definition) is 5. The smallest absolute Gasteiger partial charge is 0.0317 e. The fourth-order valence-electron chi connectivity index (χ4n) is 1.31. The third kappa shape index (κ3) is 5.67. The van der Waals surface area contributed by atoms with Gasteiger partial charge in [0.05, 0.1) is 0 Å². The number of nitrogens with one attached hydrogen (secondary N) is 1. The first kappa shape index (κ1) is 17.3. The van der Waals surface area contributed by atoms with E-state index in [-0.39, 0.29) is 0 Å². The second-order valence-electron chi connectivity index (χ2n) is 2.63. The van der Waals surface area contributed by atoms with Crippen LogP contribution in [0.1, 0.15) is 11.1 Å². The van der Waals surface area contributed by atoms with Gasteiger partial charge in [-0.25, -0.2) is 0 Å². The Morgan fingerprint density at radius 1 is 0.875 bits per heavy atom. The van der Waals surface area contributed by atoms with E-state index < -0.39 is 0 Å². The molecule has 0 spiro atoms. The molecule has 0 saturated heterocycles. The van der Waals surface area contributed by atoms with Crippen LogP contribution in [-0.2, 0) is 13.1 Å². The van der Waals surface area contributed by atoms with Crippen LogP contribution in [0.25, 0.3) is 0 Å². The largest absolute Gasteiger partial charge is 0.399 e. The maximum absolute atomic E-state index is 5.60. The fraction of sp³-hybridized carbons (Fsp3) is 0.455. The summed E-state index contributed by atoms with van der Waals surface area (Å²) < 4.78 is 0. The van der Waals surface area contributed by atoms with E-state index in [4.69, 9.17) is 5.73 Å². The Labute approximate surface area is 98.2 Å². The highest BCUT2D eigenvalue weighted by Gasteiger charge is 2.08. The molecule has 0 amide bonds. The van der Waals surface area contributed by atoms with Crippen LogP contribution in [0.5, 0.6) is 0 Å². The van der Waals surface area contributed by atoms with E-state index in [9.17, 15) is 0 Å². The molecule has 0 atom stereocenters. The van der Waals surface area contributed by atoms with Gasteiger partial charge < -0.3 is 28.3 Å². The monoisotopic (exact) mass is 227 g/mol. The number of rotatable bonds is 0. The van der Waals surface area contributed by atoms with Crippen LogP contribution in [0.2, 0.25) is 0 Å². The zero-order valence-electron chi connectivity index (χ0n) is 10.5. The van der Waals surface area contributed by atoms with Gasteiger partial charge in [0.1, 0.15) is 0 Å². The minimum absolute atomic E-state index is 0.863. The minimum Gasteiger partial charge on any atom is -0.399 e. The lowest BCUT2D eigenvalue weighted by Gasteiger charge is -1.97. The SMILES string of the molecule is CN.CN.CN.Nc1ccc2c(c1)CNC2. The standard InChI is InChI=1S/C8H10N2.3CH5N/c9-8-2-1-6-4-10-5-7(6)3-8;3*1-2/h1-3,10H,4-5,9H2;3*2H2,1H3. The Bertz CT molecular complexity index is 263. The van der Waals surface area contributed by atoms with Crippen molar-refractivity contribution in [2.45, 2.75) is 13.1 Å². The quantitative estimate of drug-likeness (QED) is 0.387. The summed E-state index contributed by atoms with van der Waals surface area (Å²) in [4.78, 5) is 0. The highest BCUT2D eigenvalue weighted by atomic mass is 14.9. The van der Waals surface area contributed by atoms with Gasteiger partial charge in [-0.15, -0.1) is 0 Å². The minimum atomic E-state index is 0.863. The Morgan fingerprint density at radius 2 is 1.38 bits per heavy atom. The molecule has 1 aromatic carbocycles. The molecule has 0 radical (unpaired) electrons. The number of nitrogen functional groups attached to an aromatic ring is 1. The van der Waals surface area contributed by atoms with E-state index in [0.717, 1.165) is 18.8 Å². The van der Waals surface area contributed by atoms with Gasteiger partial charge in [0, 0.05) is 18.8 Å². The van der Waals surface area contributed by atoms with Crippen LogP contribution in [0, 0.1) is 0 Å². The molecule has 0 saturated carbocycles. The molecule has 1 aromatic rings. The highest BCUT2D eigenvalue weighted by molar-refractivity contribution is 5.45. The van der Waals surface area contributed by atoms with E-state index >= 15 is 0 Å². The van der Waals surface area contributed by atoms with Gasteiger partial charge in [0.25, 0.3) is 0 Å². The van der Waals surface area contributed by atoms with Gasteiger partial charge in [0.2, 0.25) is 0 Å². The molecular weight excluding hydrogens is 202 g/mol.